The summed E-state index contributed by atoms with van der Waals surface area (Å²) in [5.41, 5.74) is 3.29. The molecule has 2 aliphatic rings. The Balaban J connectivity index is 1.69. The van der Waals surface area contributed by atoms with Gasteiger partial charge < -0.3 is 5.32 Å². The molecule has 0 spiro atoms. The fraction of sp³-hybridized carbons (Fsp3) is 0.700. The Morgan fingerprint density at radius 2 is 1.62 bits per heavy atom. The second kappa shape index (κ2) is 6.12. The maximum Gasteiger partial charge on any atom is 0.00683 e. The molecule has 0 aromatic heterocycles. The van der Waals surface area contributed by atoms with E-state index in [0.717, 1.165) is 17.9 Å². The zero-order chi connectivity index (χ0) is 14.9. The largest absolute Gasteiger partial charge is 0.314 e. The smallest absolute Gasteiger partial charge is 0.00683 e. The molecule has 0 heterocycles. The van der Waals surface area contributed by atoms with Crippen molar-refractivity contribution in [3.8, 4) is 0 Å². The third-order valence-corrected chi connectivity index (χ3v) is 5.36. The van der Waals surface area contributed by atoms with Crippen LogP contribution in [0, 0.1) is 5.92 Å². The second-order valence-electron chi connectivity index (χ2n) is 8.21. The molecule has 2 fully saturated rings. The third kappa shape index (κ3) is 3.88. The average molecular weight is 285 g/mol. The van der Waals surface area contributed by atoms with Gasteiger partial charge >= 0.3 is 0 Å². The van der Waals surface area contributed by atoms with E-state index in [1.807, 2.05) is 0 Å². The lowest BCUT2D eigenvalue weighted by molar-refractivity contribution is 0.295. The normalized spacial score (nSPS) is 26.8. The summed E-state index contributed by atoms with van der Waals surface area (Å²) in [7, 11) is 0. The van der Waals surface area contributed by atoms with Gasteiger partial charge in [-0.1, -0.05) is 57.9 Å². The first-order chi connectivity index (χ1) is 10.0. The first kappa shape index (κ1) is 15.1. The van der Waals surface area contributed by atoms with Crippen LogP contribution in [0.15, 0.2) is 24.3 Å². The molecule has 2 aliphatic carbocycles. The minimum atomic E-state index is 0.262. The van der Waals surface area contributed by atoms with E-state index in [-0.39, 0.29) is 5.41 Å². The van der Waals surface area contributed by atoms with E-state index in [1.165, 1.54) is 50.6 Å². The Morgan fingerprint density at radius 1 is 0.952 bits per heavy atom. The number of benzene rings is 1. The van der Waals surface area contributed by atoms with Crippen LogP contribution < -0.4 is 5.32 Å². The Kier molecular flexibility index (Phi) is 4.40. The van der Waals surface area contributed by atoms with Crippen molar-refractivity contribution in [1.29, 1.82) is 0 Å². The molecule has 2 unspecified atom stereocenters. The standard InChI is InChI=1S/C20H31N/c1-20(2,3)17-10-8-15(9-11-17)19-7-5-4-6-16(19)14-21-18-12-13-18/h8-11,16,18-19,21H,4-7,12-14H2,1-3H3. The summed E-state index contributed by atoms with van der Waals surface area (Å²) in [6, 6.07) is 10.4. The van der Waals surface area contributed by atoms with E-state index in [2.05, 4.69) is 50.4 Å². The van der Waals surface area contributed by atoms with Gasteiger partial charge in [0.15, 0.2) is 0 Å². The molecule has 1 nitrogen and oxygen atoms in total. The van der Waals surface area contributed by atoms with E-state index in [9.17, 15) is 0 Å². The summed E-state index contributed by atoms with van der Waals surface area (Å²) >= 11 is 0. The fourth-order valence-electron chi connectivity index (χ4n) is 3.73. The van der Waals surface area contributed by atoms with Crippen molar-refractivity contribution in [3.05, 3.63) is 35.4 Å². The summed E-state index contributed by atoms with van der Waals surface area (Å²) in [6.07, 6.45) is 8.42. The monoisotopic (exact) mass is 285 g/mol. The summed E-state index contributed by atoms with van der Waals surface area (Å²) < 4.78 is 0. The van der Waals surface area contributed by atoms with Gasteiger partial charge in [-0.05, 0) is 60.6 Å². The topological polar surface area (TPSA) is 12.0 Å². The molecular weight excluding hydrogens is 254 g/mol. The molecule has 116 valence electrons. The molecular formula is C20H31N. The first-order valence-corrected chi connectivity index (χ1v) is 8.88. The van der Waals surface area contributed by atoms with Crippen LogP contribution in [-0.4, -0.2) is 12.6 Å². The number of hydrogen-bond donors (Lipinski definition) is 1. The van der Waals surface area contributed by atoms with E-state index >= 15 is 0 Å². The summed E-state index contributed by atoms with van der Waals surface area (Å²) in [5, 5.41) is 3.76. The van der Waals surface area contributed by atoms with Gasteiger partial charge in [0, 0.05) is 6.04 Å². The maximum atomic E-state index is 3.76. The van der Waals surface area contributed by atoms with Gasteiger partial charge in [0.2, 0.25) is 0 Å². The molecule has 0 radical (unpaired) electrons. The molecule has 1 N–H and O–H groups in total. The predicted molar refractivity (Wildman–Crippen MR) is 90.9 cm³/mol. The second-order valence-corrected chi connectivity index (χ2v) is 8.21. The Bertz CT molecular complexity index is 450. The Hall–Kier alpha value is -0.820. The lowest BCUT2D eigenvalue weighted by atomic mass is 9.74. The van der Waals surface area contributed by atoms with Crippen molar-refractivity contribution in [2.75, 3.05) is 6.54 Å². The third-order valence-electron chi connectivity index (χ3n) is 5.36. The first-order valence-electron chi connectivity index (χ1n) is 8.88. The van der Waals surface area contributed by atoms with Crippen LogP contribution in [0.25, 0.3) is 0 Å². The molecule has 21 heavy (non-hydrogen) atoms. The number of hydrogen-bond acceptors (Lipinski definition) is 1. The maximum absolute atomic E-state index is 3.76. The predicted octanol–water partition coefficient (Wildman–Crippen LogP) is 5.01. The summed E-state index contributed by atoms with van der Waals surface area (Å²) in [6.45, 7) is 8.12. The van der Waals surface area contributed by atoms with Crippen molar-refractivity contribution in [3.63, 3.8) is 0 Å². The van der Waals surface area contributed by atoms with Crippen LogP contribution in [0.4, 0.5) is 0 Å². The minimum Gasteiger partial charge on any atom is -0.314 e. The minimum absolute atomic E-state index is 0.262. The molecule has 1 heteroatoms. The summed E-state index contributed by atoms with van der Waals surface area (Å²) in [5.74, 6) is 1.62. The van der Waals surface area contributed by atoms with Crippen LogP contribution in [-0.2, 0) is 5.41 Å². The van der Waals surface area contributed by atoms with Crippen molar-refractivity contribution in [1.82, 2.24) is 5.32 Å². The van der Waals surface area contributed by atoms with E-state index < -0.39 is 0 Å². The van der Waals surface area contributed by atoms with E-state index in [0.29, 0.717) is 0 Å². The highest BCUT2D eigenvalue weighted by Crippen LogP contribution is 2.38. The fourth-order valence-corrected chi connectivity index (χ4v) is 3.73. The van der Waals surface area contributed by atoms with Gasteiger partial charge in [-0.2, -0.15) is 0 Å². The zero-order valence-corrected chi connectivity index (χ0v) is 14.0. The molecule has 0 bridgehead atoms. The van der Waals surface area contributed by atoms with Crippen molar-refractivity contribution in [2.24, 2.45) is 5.92 Å². The van der Waals surface area contributed by atoms with Crippen LogP contribution in [0.3, 0.4) is 0 Å². The number of rotatable bonds is 4. The highest BCUT2D eigenvalue weighted by Gasteiger charge is 2.29. The average Bonchev–Trinajstić information content (AvgIpc) is 3.29. The molecule has 1 aromatic rings. The van der Waals surface area contributed by atoms with Crippen molar-refractivity contribution >= 4 is 0 Å². The Morgan fingerprint density at radius 3 is 2.24 bits per heavy atom. The van der Waals surface area contributed by atoms with Gasteiger partial charge in [0.25, 0.3) is 0 Å². The highest BCUT2D eigenvalue weighted by atomic mass is 14.9. The zero-order valence-electron chi connectivity index (χ0n) is 14.0. The van der Waals surface area contributed by atoms with Gasteiger partial charge in [0.1, 0.15) is 0 Å². The van der Waals surface area contributed by atoms with Crippen molar-refractivity contribution in [2.45, 2.75) is 76.7 Å². The van der Waals surface area contributed by atoms with E-state index in [4.69, 9.17) is 0 Å². The quantitative estimate of drug-likeness (QED) is 0.820. The lowest BCUT2D eigenvalue weighted by Crippen LogP contribution is -2.30. The van der Waals surface area contributed by atoms with Gasteiger partial charge in [0.05, 0.1) is 0 Å². The molecule has 0 amide bonds. The SMILES string of the molecule is CC(C)(C)c1ccc(C2CCCCC2CNC2CC2)cc1. The number of nitrogens with one attached hydrogen (secondary N) is 1. The summed E-state index contributed by atoms with van der Waals surface area (Å²) in [4.78, 5) is 0. The molecule has 0 saturated heterocycles. The lowest BCUT2D eigenvalue weighted by Gasteiger charge is -2.32. The molecule has 0 aliphatic heterocycles. The van der Waals surface area contributed by atoms with E-state index in [1.54, 1.807) is 5.56 Å². The molecule has 3 rings (SSSR count). The molecule has 2 saturated carbocycles. The van der Waals surface area contributed by atoms with Crippen molar-refractivity contribution < 1.29 is 0 Å². The molecule has 1 aromatic carbocycles. The van der Waals surface area contributed by atoms with Crippen LogP contribution in [0.2, 0.25) is 0 Å². The van der Waals surface area contributed by atoms with Gasteiger partial charge in [-0.3, -0.25) is 0 Å². The van der Waals surface area contributed by atoms with Crippen LogP contribution in [0.5, 0.6) is 0 Å². The van der Waals surface area contributed by atoms with Gasteiger partial charge in [-0.15, -0.1) is 0 Å². The highest BCUT2D eigenvalue weighted by molar-refractivity contribution is 5.30. The molecule has 2 atom stereocenters. The Labute approximate surface area is 130 Å². The van der Waals surface area contributed by atoms with Crippen LogP contribution >= 0.6 is 0 Å². The van der Waals surface area contributed by atoms with Gasteiger partial charge in [-0.25, -0.2) is 0 Å². The van der Waals surface area contributed by atoms with Crippen LogP contribution in [0.1, 0.15) is 76.3 Å².